The van der Waals surface area contributed by atoms with Crippen LogP contribution in [-0.2, 0) is 40.0 Å². The van der Waals surface area contributed by atoms with Crippen molar-refractivity contribution < 1.29 is 43.8 Å². The molecule has 0 saturated carbocycles. The number of amides is 5. The summed E-state index contributed by atoms with van der Waals surface area (Å²) in [7, 11) is 0. The molecule has 3 aliphatic heterocycles. The number of primary amides is 1. The van der Waals surface area contributed by atoms with Gasteiger partial charge in [-0.2, -0.15) is 12.6 Å². The van der Waals surface area contributed by atoms with Gasteiger partial charge in [0, 0.05) is 123 Å². The van der Waals surface area contributed by atoms with Crippen molar-refractivity contribution in [2.75, 3.05) is 84.3 Å². The molecule has 21 heteroatoms. The number of hydrogen-bond acceptors (Lipinski definition) is 15. The number of hydrogen-bond donors (Lipinski definition) is 14. The fraction of sp³-hybridized carbons (Fsp3) is 0.698. The van der Waals surface area contributed by atoms with E-state index in [9.17, 15) is 38.7 Å². The van der Waals surface area contributed by atoms with Gasteiger partial charge in [0.25, 0.3) is 0 Å². The molecule has 2 atom stereocenters. The lowest BCUT2D eigenvalue weighted by Gasteiger charge is -2.39. The highest BCUT2D eigenvalue weighted by atomic mass is 32.1. The predicted octanol–water partition coefficient (Wildman–Crippen LogP) is -2.07. The second-order valence-corrected chi connectivity index (χ2v) is 17.3. The fourth-order valence-electron chi connectivity index (χ4n) is 7.63. The second-order valence-electron chi connectivity index (χ2n) is 16.9. The largest absolute Gasteiger partial charge is 0.508 e. The molecule has 3 heterocycles. The molecule has 0 aromatic heterocycles. The van der Waals surface area contributed by atoms with Crippen LogP contribution in [0.25, 0.3) is 0 Å². The Morgan fingerprint density at radius 1 is 0.562 bits per heavy atom. The normalized spacial score (nSPS) is 21.0. The number of rotatable bonds is 24. The number of nitrogens with one attached hydrogen (secondary N) is 10. The number of Topliss-reactive ketones (excluding diaryl/α,β-unsaturated/α-hetero) is 1. The Hall–Kier alpha value is -4.38. The molecular formula is C43H73N11O9S. The first kappa shape index (κ1) is 54.0. The number of unbranched alkanes of at least 4 members (excludes halogenated alkanes) is 3. The number of aromatic hydroxyl groups is 1. The zero-order chi connectivity index (χ0) is 46.6. The number of nitrogens with two attached hydrogens (primary N) is 1. The lowest BCUT2D eigenvalue weighted by molar-refractivity contribution is -0.137. The summed E-state index contributed by atoms with van der Waals surface area (Å²) >= 11 is 4.03. The number of carboxylic acid groups (broad SMARTS) is 1. The number of phenolic OH excluding ortho intramolecular Hbond substituents is 1. The van der Waals surface area contributed by atoms with Crippen LogP contribution in [0.3, 0.4) is 0 Å². The summed E-state index contributed by atoms with van der Waals surface area (Å²) in [4.78, 5) is 87.7. The summed E-state index contributed by atoms with van der Waals surface area (Å²) in [5, 5.41) is 51.5. The first-order chi connectivity index (χ1) is 30.7. The number of thiol groups is 1. The van der Waals surface area contributed by atoms with Crippen molar-refractivity contribution in [2.45, 2.75) is 107 Å². The summed E-state index contributed by atoms with van der Waals surface area (Å²) in [6, 6.07) is 4.83. The molecule has 1 aromatic rings. The van der Waals surface area contributed by atoms with Gasteiger partial charge in [-0.25, -0.2) is 0 Å². The smallest absolute Gasteiger partial charge is 0.303 e. The molecule has 3 aliphatic rings. The first-order valence-corrected chi connectivity index (χ1v) is 23.2. The van der Waals surface area contributed by atoms with E-state index in [-0.39, 0.29) is 98.7 Å². The average Bonchev–Trinajstić information content (AvgIpc) is 3.24. The molecule has 20 nitrogen and oxygen atoms in total. The number of carbonyl (C=O) groups excluding carboxylic acids is 6. The third kappa shape index (κ3) is 22.0. The van der Waals surface area contributed by atoms with Gasteiger partial charge in [0.15, 0.2) is 5.78 Å². The number of phenols is 1. The number of aliphatic carboxylic acids is 1. The van der Waals surface area contributed by atoms with E-state index in [2.05, 4.69) is 65.8 Å². The Bertz CT molecular complexity index is 1600. The van der Waals surface area contributed by atoms with Crippen LogP contribution in [-0.4, -0.2) is 159 Å². The highest BCUT2D eigenvalue weighted by molar-refractivity contribution is 7.80. The average molecular weight is 920 g/mol. The van der Waals surface area contributed by atoms with E-state index < -0.39 is 35.0 Å². The maximum Gasteiger partial charge on any atom is 0.303 e. The SMILES string of the molecule is NC(=O)C(CS)NC(=O)CCCCCCC(=O)[C@H](Cc1ccc(O)cc1)NC(=O)CCCC(=O)NC12CNCCNCC(NC(=O)CCCC(=O)O)(CNCCNC1)CNCCNC2. The van der Waals surface area contributed by atoms with E-state index in [4.69, 9.17) is 10.8 Å². The molecule has 360 valence electrons. The van der Waals surface area contributed by atoms with Crippen LogP contribution in [0, 0.1) is 0 Å². The van der Waals surface area contributed by atoms with Crippen LogP contribution >= 0.6 is 12.6 Å². The van der Waals surface area contributed by atoms with Crippen LogP contribution in [0.4, 0.5) is 0 Å². The quantitative estimate of drug-likeness (QED) is 0.0392. The van der Waals surface area contributed by atoms with Crippen molar-refractivity contribution in [2.24, 2.45) is 5.73 Å². The van der Waals surface area contributed by atoms with Gasteiger partial charge in [-0.05, 0) is 49.8 Å². The van der Waals surface area contributed by atoms with Crippen molar-refractivity contribution in [3.63, 3.8) is 0 Å². The molecule has 3 fully saturated rings. The molecule has 0 spiro atoms. The number of fused-ring (bicyclic) bond motifs is 15. The summed E-state index contributed by atoms with van der Waals surface area (Å²) in [5.74, 6) is -2.55. The van der Waals surface area contributed by atoms with Crippen molar-refractivity contribution in [3.8, 4) is 5.75 Å². The third-order valence-electron chi connectivity index (χ3n) is 11.2. The Labute approximate surface area is 382 Å². The van der Waals surface area contributed by atoms with E-state index in [1.165, 1.54) is 12.1 Å². The molecule has 0 radical (unpaired) electrons. The molecule has 1 unspecified atom stereocenters. The Balaban J connectivity index is 1.53. The zero-order valence-corrected chi connectivity index (χ0v) is 38.0. The molecule has 3 saturated heterocycles. The Morgan fingerprint density at radius 2 is 0.953 bits per heavy atom. The minimum atomic E-state index is -0.931. The predicted molar refractivity (Wildman–Crippen MR) is 246 cm³/mol. The van der Waals surface area contributed by atoms with E-state index >= 15 is 0 Å². The van der Waals surface area contributed by atoms with Gasteiger partial charge in [0.1, 0.15) is 11.8 Å². The number of benzene rings is 1. The minimum absolute atomic E-state index is 0.0354. The molecule has 0 aliphatic carbocycles. The maximum atomic E-state index is 13.6. The van der Waals surface area contributed by atoms with Crippen LogP contribution in [0.1, 0.15) is 82.6 Å². The fourth-order valence-corrected chi connectivity index (χ4v) is 7.90. The molecule has 64 heavy (non-hydrogen) atoms. The molecule has 4 rings (SSSR count). The van der Waals surface area contributed by atoms with Gasteiger partial charge < -0.3 is 69.1 Å². The van der Waals surface area contributed by atoms with Crippen molar-refractivity contribution in [1.29, 1.82) is 0 Å². The van der Waals surface area contributed by atoms with Crippen molar-refractivity contribution >= 4 is 53.9 Å². The standard InChI is InChI=1S/C43H73N11O9S/c44-41(63)34(24-64)52-36(57)8-4-2-1-3-7-35(56)33(23-31-13-15-32(55)16-14-31)51-37(58)9-5-10-38(59)53-42-25-45-17-20-48-28-43(29-49-21-18-46-26-42,30-50-22-19-47-27-42)54-39(60)11-6-12-40(61)62/h13-16,33-34,45-50,55,64H,1-12,17-30H2,(H2,44,63)(H,51,58)(H,52,57)(H,53,59)(H,54,60)(H,61,62)/t33-,34?,42?,43?/m0/s1. The van der Waals surface area contributed by atoms with Crippen molar-refractivity contribution in [3.05, 3.63) is 29.8 Å². The van der Waals surface area contributed by atoms with Gasteiger partial charge in [0.05, 0.1) is 17.1 Å². The Kier molecular flexibility index (Phi) is 25.2. The monoisotopic (exact) mass is 920 g/mol. The van der Waals surface area contributed by atoms with Gasteiger partial charge in [-0.1, -0.05) is 25.0 Å². The van der Waals surface area contributed by atoms with E-state index in [1.54, 1.807) is 12.1 Å². The lowest BCUT2D eigenvalue weighted by atomic mass is 9.96. The van der Waals surface area contributed by atoms with Crippen LogP contribution in [0.2, 0.25) is 0 Å². The van der Waals surface area contributed by atoms with E-state index in [0.717, 1.165) is 5.56 Å². The number of ketones is 1. The van der Waals surface area contributed by atoms with Crippen LogP contribution < -0.4 is 58.9 Å². The zero-order valence-electron chi connectivity index (χ0n) is 37.1. The summed E-state index contributed by atoms with van der Waals surface area (Å²) < 4.78 is 0. The van der Waals surface area contributed by atoms with Crippen LogP contribution in [0.15, 0.2) is 24.3 Å². The van der Waals surface area contributed by atoms with Crippen molar-refractivity contribution in [1.82, 2.24) is 53.2 Å². The summed E-state index contributed by atoms with van der Waals surface area (Å²) in [6.07, 6.45) is 3.90. The van der Waals surface area contributed by atoms with Gasteiger partial charge >= 0.3 is 5.97 Å². The summed E-state index contributed by atoms with van der Waals surface area (Å²) in [5.41, 5.74) is 4.68. The van der Waals surface area contributed by atoms with Crippen LogP contribution in [0.5, 0.6) is 5.75 Å². The minimum Gasteiger partial charge on any atom is -0.508 e. The molecule has 14 N–H and O–H groups in total. The maximum absolute atomic E-state index is 13.6. The highest BCUT2D eigenvalue weighted by Crippen LogP contribution is 2.15. The summed E-state index contributed by atoms with van der Waals surface area (Å²) in [6.45, 7) is 6.32. The molecule has 2 bridgehead atoms. The number of carboxylic acids is 1. The van der Waals surface area contributed by atoms with Gasteiger partial charge in [0.2, 0.25) is 29.5 Å². The van der Waals surface area contributed by atoms with Gasteiger partial charge in [-0.15, -0.1) is 0 Å². The van der Waals surface area contributed by atoms with E-state index in [1.807, 2.05) is 0 Å². The lowest BCUT2D eigenvalue weighted by Crippen LogP contribution is -2.68. The second kappa shape index (κ2) is 29.9. The first-order valence-electron chi connectivity index (χ1n) is 22.6. The molecular weight excluding hydrogens is 847 g/mol. The topological polar surface area (TPSA) is 306 Å². The number of carbonyl (C=O) groups is 7. The van der Waals surface area contributed by atoms with Gasteiger partial charge in [-0.3, -0.25) is 33.6 Å². The molecule has 5 amide bonds. The highest BCUT2D eigenvalue weighted by Gasteiger charge is 2.34. The third-order valence-corrected chi connectivity index (χ3v) is 11.5. The van der Waals surface area contributed by atoms with E-state index in [0.29, 0.717) is 104 Å². The molecule has 1 aromatic carbocycles. The Morgan fingerprint density at radius 3 is 1.38 bits per heavy atom.